The summed E-state index contributed by atoms with van der Waals surface area (Å²) >= 11 is 1.65. The van der Waals surface area contributed by atoms with Crippen LogP contribution >= 0.6 is 11.3 Å². The molecule has 0 radical (unpaired) electrons. The smallest absolute Gasteiger partial charge is 0.224 e. The Bertz CT molecular complexity index is 418. The topological polar surface area (TPSA) is 44.1 Å². The van der Waals surface area contributed by atoms with Gasteiger partial charge in [0.15, 0.2) is 0 Å². The Hall–Kier alpha value is -1.34. The molecule has 2 heterocycles. The zero-order chi connectivity index (χ0) is 10.8. The third-order valence-electron chi connectivity index (χ3n) is 2.72. The number of rotatable bonds is 2. The summed E-state index contributed by atoms with van der Waals surface area (Å²) in [4.78, 5) is 13.3. The zero-order valence-corrected chi connectivity index (χ0v) is 9.38. The lowest BCUT2D eigenvalue weighted by Crippen LogP contribution is -2.24. The van der Waals surface area contributed by atoms with Gasteiger partial charge in [-0.2, -0.15) is 16.6 Å². The summed E-state index contributed by atoms with van der Waals surface area (Å²) in [7, 11) is 0. The van der Waals surface area contributed by atoms with Crippen molar-refractivity contribution in [3.63, 3.8) is 0 Å². The molecule has 1 saturated heterocycles. The first-order chi connectivity index (χ1) is 7.20. The van der Waals surface area contributed by atoms with Gasteiger partial charge in [0.2, 0.25) is 5.91 Å². The van der Waals surface area contributed by atoms with Crippen LogP contribution in [0.2, 0.25) is 0 Å². The van der Waals surface area contributed by atoms with Crippen LogP contribution in [0, 0.1) is 24.2 Å². The van der Waals surface area contributed by atoms with Crippen molar-refractivity contribution >= 4 is 17.2 Å². The van der Waals surface area contributed by atoms with Gasteiger partial charge in [0.05, 0.1) is 12.0 Å². The molecule has 15 heavy (non-hydrogen) atoms. The van der Waals surface area contributed by atoms with Gasteiger partial charge in [-0.05, 0) is 28.8 Å². The summed E-state index contributed by atoms with van der Waals surface area (Å²) in [6, 6.07) is 2.16. The number of hydrogen-bond acceptors (Lipinski definition) is 3. The van der Waals surface area contributed by atoms with E-state index in [1.54, 1.807) is 16.2 Å². The summed E-state index contributed by atoms with van der Waals surface area (Å²) in [5.74, 6) is -0.0106. The number of hydrogen-bond donors (Lipinski definition) is 0. The van der Waals surface area contributed by atoms with E-state index in [4.69, 9.17) is 5.26 Å². The molecule has 3 nitrogen and oxygen atoms in total. The molecule has 0 bridgehead atoms. The van der Waals surface area contributed by atoms with Gasteiger partial charge < -0.3 is 4.90 Å². The summed E-state index contributed by atoms with van der Waals surface area (Å²) < 4.78 is 0. The van der Waals surface area contributed by atoms with Gasteiger partial charge in [-0.1, -0.05) is 0 Å². The molecule has 0 aliphatic carbocycles. The lowest BCUT2D eigenvalue weighted by atomic mass is 10.1. The highest BCUT2D eigenvalue weighted by atomic mass is 32.1. The lowest BCUT2D eigenvalue weighted by Gasteiger charge is -2.15. The van der Waals surface area contributed by atoms with Crippen molar-refractivity contribution in [2.75, 3.05) is 6.54 Å². The maximum Gasteiger partial charge on any atom is 0.224 e. The molecule has 0 N–H and O–H groups in total. The van der Waals surface area contributed by atoms with Crippen LogP contribution in [0.3, 0.4) is 0 Å². The van der Waals surface area contributed by atoms with E-state index < -0.39 is 0 Å². The average molecular weight is 220 g/mol. The highest BCUT2D eigenvalue weighted by molar-refractivity contribution is 7.08. The Balaban J connectivity index is 2.05. The van der Waals surface area contributed by atoms with E-state index in [-0.39, 0.29) is 11.8 Å². The maximum atomic E-state index is 11.6. The third-order valence-corrected chi connectivity index (χ3v) is 3.63. The standard InChI is InChI=1S/C11H12N2OS/c1-8-6-15-7-10(8)5-13-4-9(3-12)2-11(13)14/h6-7,9H,2,4-5H2,1H3. The van der Waals surface area contributed by atoms with E-state index in [1.807, 2.05) is 6.92 Å². The predicted octanol–water partition coefficient (Wildman–Crippen LogP) is 1.93. The van der Waals surface area contributed by atoms with Crippen LogP contribution in [-0.4, -0.2) is 17.4 Å². The SMILES string of the molecule is Cc1cscc1CN1CC(C#N)CC1=O. The quantitative estimate of drug-likeness (QED) is 0.764. The Labute approximate surface area is 92.9 Å². The van der Waals surface area contributed by atoms with Crippen LogP contribution < -0.4 is 0 Å². The third kappa shape index (κ3) is 2.02. The van der Waals surface area contributed by atoms with E-state index in [0.29, 0.717) is 19.5 Å². The number of carbonyl (C=O) groups excluding carboxylic acids is 1. The molecule has 1 unspecified atom stereocenters. The van der Waals surface area contributed by atoms with Crippen molar-refractivity contribution in [1.29, 1.82) is 5.26 Å². The van der Waals surface area contributed by atoms with Gasteiger partial charge >= 0.3 is 0 Å². The fraction of sp³-hybridized carbons (Fsp3) is 0.455. The highest BCUT2D eigenvalue weighted by Crippen LogP contribution is 2.22. The summed E-state index contributed by atoms with van der Waals surface area (Å²) in [6.45, 7) is 3.30. The van der Waals surface area contributed by atoms with Crippen molar-refractivity contribution in [1.82, 2.24) is 4.90 Å². The Morgan fingerprint density at radius 2 is 2.47 bits per heavy atom. The van der Waals surface area contributed by atoms with E-state index in [0.717, 1.165) is 0 Å². The van der Waals surface area contributed by atoms with Crippen molar-refractivity contribution in [3.8, 4) is 6.07 Å². The summed E-state index contributed by atoms with van der Waals surface area (Å²) in [6.07, 6.45) is 0.389. The number of nitrogens with zero attached hydrogens (tertiary/aromatic N) is 2. The fourth-order valence-electron chi connectivity index (χ4n) is 1.77. The molecule has 0 aromatic carbocycles. The molecule has 78 valence electrons. The first-order valence-electron chi connectivity index (χ1n) is 4.89. The van der Waals surface area contributed by atoms with Crippen LogP contribution in [0.1, 0.15) is 17.5 Å². The second-order valence-corrected chi connectivity index (χ2v) is 4.63. The normalized spacial score (nSPS) is 20.7. The van der Waals surface area contributed by atoms with E-state index in [2.05, 4.69) is 16.8 Å². The first kappa shape index (κ1) is 10.2. The minimum Gasteiger partial charge on any atom is -0.337 e. The number of thiophene rings is 1. The molecule has 1 aromatic rings. The Morgan fingerprint density at radius 3 is 3.00 bits per heavy atom. The van der Waals surface area contributed by atoms with Crippen LogP contribution in [0.15, 0.2) is 10.8 Å². The highest BCUT2D eigenvalue weighted by Gasteiger charge is 2.29. The van der Waals surface area contributed by atoms with Crippen LogP contribution in [0.5, 0.6) is 0 Å². The zero-order valence-electron chi connectivity index (χ0n) is 8.56. The number of aryl methyl sites for hydroxylation is 1. The molecular weight excluding hydrogens is 208 g/mol. The largest absolute Gasteiger partial charge is 0.337 e. The number of likely N-dealkylation sites (tertiary alicyclic amines) is 1. The molecule has 0 saturated carbocycles. The minimum absolute atomic E-state index is 0.104. The van der Waals surface area contributed by atoms with Crippen molar-refractivity contribution in [2.24, 2.45) is 5.92 Å². The molecule has 1 atom stereocenters. The first-order valence-corrected chi connectivity index (χ1v) is 5.84. The second-order valence-electron chi connectivity index (χ2n) is 3.88. The fourth-order valence-corrected chi connectivity index (χ4v) is 2.61. The van der Waals surface area contributed by atoms with Crippen molar-refractivity contribution in [2.45, 2.75) is 19.9 Å². The maximum absolute atomic E-state index is 11.6. The van der Waals surface area contributed by atoms with Gasteiger partial charge in [-0.3, -0.25) is 4.79 Å². The molecule has 1 amide bonds. The van der Waals surface area contributed by atoms with E-state index >= 15 is 0 Å². The molecule has 1 aliphatic rings. The van der Waals surface area contributed by atoms with Gasteiger partial charge in [-0.15, -0.1) is 0 Å². The number of amides is 1. The monoisotopic (exact) mass is 220 g/mol. The van der Waals surface area contributed by atoms with Crippen molar-refractivity contribution in [3.05, 3.63) is 21.9 Å². The molecule has 2 rings (SSSR count). The molecule has 1 aliphatic heterocycles. The van der Waals surface area contributed by atoms with Crippen LogP contribution in [0.4, 0.5) is 0 Å². The van der Waals surface area contributed by atoms with Crippen LogP contribution in [0.25, 0.3) is 0 Å². The minimum atomic E-state index is -0.114. The molecule has 1 fully saturated rings. The Kier molecular flexibility index (Phi) is 2.74. The average Bonchev–Trinajstić information content (AvgIpc) is 2.76. The molecular formula is C11H12N2OS. The van der Waals surface area contributed by atoms with Gasteiger partial charge in [-0.25, -0.2) is 0 Å². The predicted molar refractivity (Wildman–Crippen MR) is 58.2 cm³/mol. The Morgan fingerprint density at radius 1 is 1.67 bits per heavy atom. The number of carbonyl (C=O) groups is 1. The summed E-state index contributed by atoms with van der Waals surface area (Å²) in [5.41, 5.74) is 2.43. The van der Waals surface area contributed by atoms with E-state index in [1.165, 1.54) is 11.1 Å². The lowest BCUT2D eigenvalue weighted by molar-refractivity contribution is -0.128. The van der Waals surface area contributed by atoms with Crippen LogP contribution in [-0.2, 0) is 11.3 Å². The molecule has 1 aromatic heterocycles. The van der Waals surface area contributed by atoms with Crippen molar-refractivity contribution < 1.29 is 4.79 Å². The number of nitriles is 1. The van der Waals surface area contributed by atoms with E-state index in [9.17, 15) is 4.79 Å². The molecule has 0 spiro atoms. The second kappa shape index (κ2) is 4.03. The van der Waals surface area contributed by atoms with Gasteiger partial charge in [0.1, 0.15) is 0 Å². The molecule has 4 heteroatoms. The van der Waals surface area contributed by atoms with Gasteiger partial charge in [0.25, 0.3) is 0 Å². The summed E-state index contributed by atoms with van der Waals surface area (Å²) in [5, 5.41) is 12.9. The van der Waals surface area contributed by atoms with Gasteiger partial charge in [0, 0.05) is 19.5 Å².